The number of hydrogen-bond acceptors (Lipinski definition) is 2. The van der Waals surface area contributed by atoms with Crippen LogP contribution in [0.3, 0.4) is 0 Å². The minimum Gasteiger partial charge on any atom is -0.298 e. The molecule has 3 rings (SSSR count). The second kappa shape index (κ2) is 4.41. The fourth-order valence-corrected chi connectivity index (χ4v) is 3.62. The van der Waals surface area contributed by atoms with Gasteiger partial charge in [-0.3, -0.25) is 9.88 Å². The van der Waals surface area contributed by atoms with Crippen LogP contribution in [0.25, 0.3) is 0 Å². The summed E-state index contributed by atoms with van der Waals surface area (Å²) in [5.41, 5.74) is 3.29. The van der Waals surface area contributed by atoms with Gasteiger partial charge in [0.25, 0.3) is 0 Å². The first kappa shape index (κ1) is 11.2. The van der Waals surface area contributed by atoms with Gasteiger partial charge < -0.3 is 0 Å². The molecular formula is C15H22N2. The molecule has 0 bridgehead atoms. The molecule has 0 radical (unpaired) electrons. The molecule has 2 heterocycles. The van der Waals surface area contributed by atoms with Crippen molar-refractivity contribution < 1.29 is 0 Å². The van der Waals surface area contributed by atoms with Crippen molar-refractivity contribution in [2.24, 2.45) is 5.41 Å². The lowest BCUT2D eigenvalue weighted by Crippen LogP contribution is -2.25. The van der Waals surface area contributed by atoms with E-state index in [1.165, 1.54) is 56.5 Å². The highest BCUT2D eigenvalue weighted by atomic mass is 15.2. The van der Waals surface area contributed by atoms with E-state index in [1.54, 1.807) is 0 Å². The first-order chi connectivity index (χ1) is 8.27. The summed E-state index contributed by atoms with van der Waals surface area (Å²) < 4.78 is 0. The van der Waals surface area contributed by atoms with Crippen LogP contribution in [0.15, 0.2) is 18.3 Å². The van der Waals surface area contributed by atoms with Gasteiger partial charge in [-0.2, -0.15) is 0 Å². The molecule has 17 heavy (non-hydrogen) atoms. The van der Waals surface area contributed by atoms with Crippen LogP contribution in [0, 0.1) is 12.3 Å². The molecule has 2 aliphatic rings. The molecule has 1 aliphatic carbocycles. The molecule has 2 nitrogen and oxygen atoms in total. The molecule has 2 fully saturated rings. The van der Waals surface area contributed by atoms with Crippen molar-refractivity contribution in [1.82, 2.24) is 9.88 Å². The van der Waals surface area contributed by atoms with E-state index in [0.29, 0.717) is 5.41 Å². The largest absolute Gasteiger partial charge is 0.298 e. The molecule has 1 spiro atoms. The highest BCUT2D eigenvalue weighted by Crippen LogP contribution is 2.45. The quantitative estimate of drug-likeness (QED) is 0.776. The maximum Gasteiger partial charge on any atom is 0.0417 e. The Kier molecular flexibility index (Phi) is 2.91. The normalized spacial score (nSPS) is 23.6. The lowest BCUT2D eigenvalue weighted by molar-refractivity contribution is 0.255. The Hall–Kier alpha value is -0.890. The van der Waals surface area contributed by atoms with Gasteiger partial charge in [0.2, 0.25) is 0 Å². The maximum absolute atomic E-state index is 4.38. The van der Waals surface area contributed by atoms with Crippen LogP contribution in [0.2, 0.25) is 0 Å². The van der Waals surface area contributed by atoms with E-state index in [-0.39, 0.29) is 0 Å². The molecule has 1 saturated carbocycles. The Bertz CT molecular complexity index is 394. The molecule has 0 aromatic carbocycles. The van der Waals surface area contributed by atoms with Gasteiger partial charge in [-0.25, -0.2) is 0 Å². The van der Waals surface area contributed by atoms with Crippen molar-refractivity contribution in [3.8, 4) is 0 Å². The standard InChI is InChI=1S/C15H22N2/c1-13-14(5-4-9-16-13)11-17-10-8-15(12-17)6-2-3-7-15/h4-5,9H,2-3,6-8,10-12H2,1H3. The number of aryl methyl sites for hydroxylation is 1. The Balaban J connectivity index is 1.66. The van der Waals surface area contributed by atoms with Crippen LogP contribution in [-0.2, 0) is 6.54 Å². The van der Waals surface area contributed by atoms with E-state index < -0.39 is 0 Å². The Labute approximate surface area is 104 Å². The summed E-state index contributed by atoms with van der Waals surface area (Å²) in [4.78, 5) is 7.02. The monoisotopic (exact) mass is 230 g/mol. The second-order valence-corrected chi connectivity index (χ2v) is 5.92. The molecule has 1 aromatic heterocycles. The van der Waals surface area contributed by atoms with E-state index in [2.05, 4.69) is 28.9 Å². The van der Waals surface area contributed by atoms with E-state index >= 15 is 0 Å². The summed E-state index contributed by atoms with van der Waals surface area (Å²) in [6.07, 6.45) is 9.16. The summed E-state index contributed by atoms with van der Waals surface area (Å²) >= 11 is 0. The van der Waals surface area contributed by atoms with Gasteiger partial charge in [-0.05, 0) is 49.8 Å². The van der Waals surface area contributed by atoms with Gasteiger partial charge in [0.1, 0.15) is 0 Å². The third-order valence-electron chi connectivity index (χ3n) is 4.69. The van der Waals surface area contributed by atoms with E-state index in [1.807, 2.05) is 6.20 Å². The first-order valence-corrected chi connectivity index (χ1v) is 6.90. The van der Waals surface area contributed by atoms with Crippen molar-refractivity contribution in [3.05, 3.63) is 29.6 Å². The minimum atomic E-state index is 0.691. The van der Waals surface area contributed by atoms with Gasteiger partial charge in [0.05, 0.1) is 0 Å². The van der Waals surface area contributed by atoms with Gasteiger partial charge >= 0.3 is 0 Å². The average Bonchev–Trinajstić information content (AvgIpc) is 2.94. The molecule has 0 unspecified atom stereocenters. The van der Waals surface area contributed by atoms with E-state index in [9.17, 15) is 0 Å². The number of aromatic nitrogens is 1. The van der Waals surface area contributed by atoms with Crippen molar-refractivity contribution in [3.63, 3.8) is 0 Å². The average molecular weight is 230 g/mol. The summed E-state index contributed by atoms with van der Waals surface area (Å²) in [5, 5.41) is 0. The molecule has 0 amide bonds. The Morgan fingerprint density at radius 1 is 1.29 bits per heavy atom. The zero-order valence-corrected chi connectivity index (χ0v) is 10.8. The van der Waals surface area contributed by atoms with Crippen LogP contribution in [0.5, 0.6) is 0 Å². The van der Waals surface area contributed by atoms with Crippen molar-refractivity contribution in [1.29, 1.82) is 0 Å². The fourth-order valence-electron chi connectivity index (χ4n) is 3.62. The van der Waals surface area contributed by atoms with Crippen molar-refractivity contribution in [2.75, 3.05) is 13.1 Å². The number of likely N-dealkylation sites (tertiary alicyclic amines) is 1. The van der Waals surface area contributed by atoms with Crippen molar-refractivity contribution >= 4 is 0 Å². The smallest absolute Gasteiger partial charge is 0.0417 e. The molecule has 1 saturated heterocycles. The molecule has 0 atom stereocenters. The zero-order valence-electron chi connectivity index (χ0n) is 10.8. The molecular weight excluding hydrogens is 208 g/mol. The number of hydrogen-bond donors (Lipinski definition) is 0. The molecule has 1 aliphatic heterocycles. The zero-order chi connectivity index (χ0) is 11.7. The minimum absolute atomic E-state index is 0.691. The van der Waals surface area contributed by atoms with Gasteiger partial charge in [-0.15, -0.1) is 0 Å². The second-order valence-electron chi connectivity index (χ2n) is 5.92. The lowest BCUT2D eigenvalue weighted by atomic mass is 9.86. The van der Waals surface area contributed by atoms with Gasteiger partial charge in [-0.1, -0.05) is 18.9 Å². The Morgan fingerprint density at radius 3 is 2.88 bits per heavy atom. The number of nitrogens with zero attached hydrogens (tertiary/aromatic N) is 2. The Morgan fingerprint density at radius 2 is 2.12 bits per heavy atom. The number of pyridine rings is 1. The lowest BCUT2D eigenvalue weighted by Gasteiger charge is -2.23. The van der Waals surface area contributed by atoms with Crippen LogP contribution >= 0.6 is 0 Å². The van der Waals surface area contributed by atoms with E-state index in [0.717, 1.165) is 6.54 Å². The first-order valence-electron chi connectivity index (χ1n) is 6.90. The van der Waals surface area contributed by atoms with Crippen LogP contribution in [0.1, 0.15) is 43.4 Å². The summed E-state index contributed by atoms with van der Waals surface area (Å²) in [6, 6.07) is 4.28. The predicted molar refractivity (Wildman–Crippen MR) is 69.8 cm³/mol. The topological polar surface area (TPSA) is 16.1 Å². The molecule has 1 aromatic rings. The maximum atomic E-state index is 4.38. The summed E-state index contributed by atoms with van der Waals surface area (Å²) in [5.74, 6) is 0. The summed E-state index contributed by atoms with van der Waals surface area (Å²) in [6.45, 7) is 5.83. The van der Waals surface area contributed by atoms with Gasteiger partial charge in [0.15, 0.2) is 0 Å². The molecule has 0 N–H and O–H groups in total. The van der Waals surface area contributed by atoms with E-state index in [4.69, 9.17) is 0 Å². The summed E-state index contributed by atoms with van der Waals surface area (Å²) in [7, 11) is 0. The molecule has 92 valence electrons. The van der Waals surface area contributed by atoms with Crippen LogP contribution in [-0.4, -0.2) is 23.0 Å². The van der Waals surface area contributed by atoms with Gasteiger partial charge in [0, 0.05) is 25.0 Å². The highest BCUT2D eigenvalue weighted by Gasteiger charge is 2.39. The molecule has 2 heteroatoms. The third-order valence-corrected chi connectivity index (χ3v) is 4.69. The SMILES string of the molecule is Cc1ncccc1CN1CCC2(CCCC2)C1. The number of rotatable bonds is 2. The predicted octanol–water partition coefficient (Wildman–Crippen LogP) is 3.16. The third kappa shape index (κ3) is 2.23. The highest BCUT2D eigenvalue weighted by molar-refractivity contribution is 5.18. The van der Waals surface area contributed by atoms with Crippen molar-refractivity contribution in [2.45, 2.75) is 45.6 Å². The van der Waals surface area contributed by atoms with Crippen LogP contribution < -0.4 is 0 Å². The van der Waals surface area contributed by atoms with Crippen LogP contribution in [0.4, 0.5) is 0 Å². The fraction of sp³-hybridized carbons (Fsp3) is 0.667.